The van der Waals surface area contributed by atoms with Crippen LogP contribution < -0.4 is 11.1 Å². The fourth-order valence-corrected chi connectivity index (χ4v) is 5.72. The zero-order valence-corrected chi connectivity index (χ0v) is 19.8. The van der Waals surface area contributed by atoms with Crippen LogP contribution in [0, 0.1) is 0 Å². The third-order valence-electron chi connectivity index (χ3n) is 4.41. The summed E-state index contributed by atoms with van der Waals surface area (Å²) in [7, 11) is 0. The second-order valence-electron chi connectivity index (χ2n) is 6.87. The first-order chi connectivity index (χ1) is 14.8. The van der Waals surface area contributed by atoms with E-state index in [1.54, 1.807) is 18.2 Å². The minimum absolute atomic E-state index is 0.0126. The Morgan fingerprint density at radius 1 is 1.23 bits per heavy atom. The largest absolute Gasteiger partial charge is 0.444 e. The smallest absolute Gasteiger partial charge is 0.414 e. The highest BCUT2D eigenvalue weighted by Gasteiger charge is 2.43. The summed E-state index contributed by atoms with van der Waals surface area (Å²) < 4.78 is 5.94. The molecule has 2 aromatic carbocycles. The highest BCUT2D eigenvalue weighted by molar-refractivity contribution is 9.10. The molecule has 1 heterocycles. The van der Waals surface area contributed by atoms with E-state index in [0.29, 0.717) is 5.69 Å². The van der Waals surface area contributed by atoms with Crippen LogP contribution in [0.25, 0.3) is 0 Å². The van der Waals surface area contributed by atoms with Gasteiger partial charge in [0.2, 0.25) is 0 Å². The maximum Gasteiger partial charge on any atom is 0.414 e. The van der Waals surface area contributed by atoms with Crippen LogP contribution in [0.15, 0.2) is 75.4 Å². The Morgan fingerprint density at radius 2 is 1.90 bits per heavy atom. The predicted octanol–water partition coefficient (Wildman–Crippen LogP) is 5.13. The maximum atomic E-state index is 12.9. The van der Waals surface area contributed by atoms with Crippen LogP contribution in [0.3, 0.4) is 0 Å². The van der Waals surface area contributed by atoms with Crippen molar-refractivity contribution in [2.45, 2.75) is 29.3 Å². The van der Waals surface area contributed by atoms with Crippen molar-refractivity contribution in [2.75, 3.05) is 5.73 Å². The first-order valence-corrected chi connectivity index (χ1v) is 11.8. The van der Waals surface area contributed by atoms with Gasteiger partial charge in [0.25, 0.3) is 5.91 Å². The Labute approximate surface area is 196 Å². The molecule has 0 aliphatic rings. The van der Waals surface area contributed by atoms with Crippen molar-refractivity contribution in [3.05, 3.63) is 81.0 Å². The van der Waals surface area contributed by atoms with Crippen LogP contribution in [-0.2, 0) is 16.1 Å². The summed E-state index contributed by atoms with van der Waals surface area (Å²) in [5, 5.41) is 14.5. The zero-order valence-electron chi connectivity index (χ0n) is 16.6. The zero-order chi connectivity index (χ0) is 22.4. The summed E-state index contributed by atoms with van der Waals surface area (Å²) in [5.41, 5.74) is 5.46. The molecule has 0 aliphatic heterocycles. The Hall–Kier alpha value is -2.33. The predicted molar refractivity (Wildman–Crippen MR) is 127 cm³/mol. The molecule has 31 heavy (non-hydrogen) atoms. The normalized spacial score (nSPS) is 13.8. The molecule has 6 nitrogen and oxygen atoms in total. The molecule has 0 bridgehead atoms. The lowest BCUT2D eigenvalue weighted by atomic mass is 9.99. The van der Waals surface area contributed by atoms with Gasteiger partial charge in [-0.25, -0.2) is 4.79 Å². The van der Waals surface area contributed by atoms with Crippen molar-refractivity contribution < 1.29 is 19.4 Å². The van der Waals surface area contributed by atoms with Crippen LogP contribution in [0.5, 0.6) is 0 Å². The topological polar surface area (TPSA) is 102 Å². The van der Waals surface area contributed by atoms with Crippen molar-refractivity contribution in [1.29, 1.82) is 0 Å². The van der Waals surface area contributed by atoms with Crippen LogP contribution in [0.2, 0.25) is 0 Å². The molecule has 2 amide bonds. The number of hydrogen-bond donors (Lipinski definition) is 3. The number of amides is 2. The Morgan fingerprint density at radius 3 is 2.55 bits per heavy atom. The van der Waals surface area contributed by atoms with Gasteiger partial charge in [-0.2, -0.15) is 0 Å². The van der Waals surface area contributed by atoms with E-state index < -0.39 is 22.9 Å². The molecule has 0 saturated heterocycles. The van der Waals surface area contributed by atoms with E-state index in [1.807, 2.05) is 47.8 Å². The van der Waals surface area contributed by atoms with Crippen LogP contribution in [0.4, 0.5) is 10.5 Å². The van der Waals surface area contributed by atoms with Crippen molar-refractivity contribution in [1.82, 2.24) is 5.32 Å². The molecule has 3 aromatic rings. The first kappa shape index (κ1) is 23.3. The van der Waals surface area contributed by atoms with Crippen molar-refractivity contribution in [3.8, 4) is 0 Å². The van der Waals surface area contributed by atoms with E-state index in [2.05, 4.69) is 21.2 Å². The summed E-state index contributed by atoms with van der Waals surface area (Å²) in [6, 6.07) is 18.1. The number of alkyl carbamates (subject to hydrolysis) is 1. The fourth-order valence-electron chi connectivity index (χ4n) is 2.73. The average Bonchev–Trinajstić information content (AvgIpc) is 3.18. The number of nitrogens with one attached hydrogen (secondary N) is 1. The summed E-state index contributed by atoms with van der Waals surface area (Å²) in [6.07, 6.45) is -0.926. The van der Waals surface area contributed by atoms with Gasteiger partial charge in [-0.3, -0.25) is 10.1 Å². The number of hydrogen-bond acceptors (Lipinski definition) is 7. The lowest BCUT2D eigenvalue weighted by molar-refractivity contribution is -0.137. The van der Waals surface area contributed by atoms with Gasteiger partial charge >= 0.3 is 6.09 Å². The minimum atomic E-state index is -1.93. The van der Waals surface area contributed by atoms with E-state index in [0.717, 1.165) is 19.8 Å². The molecule has 1 aromatic heterocycles. The Balaban J connectivity index is 1.75. The van der Waals surface area contributed by atoms with Crippen molar-refractivity contribution in [2.24, 2.45) is 0 Å². The monoisotopic (exact) mass is 520 g/mol. The molecule has 0 radical (unpaired) electrons. The van der Waals surface area contributed by atoms with E-state index in [9.17, 15) is 14.7 Å². The summed E-state index contributed by atoms with van der Waals surface area (Å²) in [6.45, 7) is 1.38. The molecule has 2 unspecified atom stereocenters. The van der Waals surface area contributed by atoms with Gasteiger partial charge in [-0.05, 0) is 46.6 Å². The number of imide groups is 1. The number of carbonyl (C=O) groups is 2. The highest BCUT2D eigenvalue weighted by Crippen LogP contribution is 2.47. The van der Waals surface area contributed by atoms with E-state index >= 15 is 0 Å². The molecule has 162 valence electrons. The average molecular weight is 521 g/mol. The number of anilines is 1. The molecule has 2 atom stereocenters. The second-order valence-corrected chi connectivity index (χ2v) is 9.87. The number of nitrogen functional groups attached to an aromatic ring is 1. The lowest BCUT2D eigenvalue weighted by Gasteiger charge is -2.30. The van der Waals surface area contributed by atoms with Gasteiger partial charge in [-0.15, -0.1) is 23.1 Å². The number of carbonyl (C=O) groups excluding carboxylic acids is 2. The summed E-state index contributed by atoms with van der Waals surface area (Å²) >= 11 is 6.05. The number of aliphatic hydroxyl groups is 1. The Kier molecular flexibility index (Phi) is 7.77. The third-order valence-corrected chi connectivity index (χ3v) is 7.89. The quantitative estimate of drug-likeness (QED) is 0.294. The molecule has 3 rings (SSSR count). The van der Waals surface area contributed by atoms with Crippen LogP contribution >= 0.6 is 39.0 Å². The molecular formula is C22H21BrN2O4S2. The summed E-state index contributed by atoms with van der Waals surface area (Å²) in [4.78, 5) is 26.5. The maximum absolute atomic E-state index is 12.9. The molecule has 9 heteroatoms. The number of thioether (sulfide) groups is 1. The number of halogens is 1. The van der Waals surface area contributed by atoms with Gasteiger partial charge in [-0.1, -0.05) is 42.5 Å². The van der Waals surface area contributed by atoms with Crippen molar-refractivity contribution in [3.63, 3.8) is 0 Å². The van der Waals surface area contributed by atoms with Gasteiger partial charge in [0.1, 0.15) is 6.61 Å². The fraction of sp³-hybridized carbons (Fsp3) is 0.182. The van der Waals surface area contributed by atoms with E-state index in [4.69, 9.17) is 10.5 Å². The molecule has 0 spiro atoms. The molecular weight excluding hydrogens is 500 g/mol. The lowest BCUT2D eigenvalue weighted by Crippen LogP contribution is -2.49. The van der Waals surface area contributed by atoms with E-state index in [-0.39, 0.29) is 6.61 Å². The van der Waals surface area contributed by atoms with Gasteiger partial charge in [0.15, 0.2) is 5.60 Å². The standard InChI is InChI=1S/C22H21BrN2O4S2/c1-22(28,20(26)25-21(27)29-12-14-7-3-2-4-8-14)19(18-11-15(23)13-30-18)31-17-10-6-5-9-16(17)24/h2-11,13,19,28H,12,24H2,1H3,(H,25,26,27). The SMILES string of the molecule is CC(O)(C(=O)NC(=O)OCc1ccccc1)C(Sc1ccccc1N)c1cc(Br)cs1. The van der Waals surface area contributed by atoms with Gasteiger partial charge in [0.05, 0.1) is 5.25 Å². The third kappa shape index (κ3) is 6.10. The minimum Gasteiger partial charge on any atom is -0.444 e. The second kappa shape index (κ2) is 10.3. The van der Waals surface area contributed by atoms with Crippen LogP contribution in [0.1, 0.15) is 22.6 Å². The highest BCUT2D eigenvalue weighted by atomic mass is 79.9. The van der Waals surface area contributed by atoms with Crippen molar-refractivity contribution >= 4 is 56.7 Å². The number of rotatable bonds is 7. The molecule has 0 saturated carbocycles. The van der Waals surface area contributed by atoms with Crippen LogP contribution in [-0.4, -0.2) is 22.7 Å². The molecule has 0 fully saturated rings. The molecule has 0 aliphatic carbocycles. The van der Waals surface area contributed by atoms with Gasteiger partial charge in [0, 0.05) is 25.3 Å². The number of thiophene rings is 1. The molecule has 4 N–H and O–H groups in total. The number of para-hydroxylation sites is 1. The number of benzene rings is 2. The summed E-state index contributed by atoms with van der Waals surface area (Å²) in [5.74, 6) is -0.859. The number of nitrogens with two attached hydrogens (primary N) is 1. The van der Waals surface area contributed by atoms with E-state index in [1.165, 1.54) is 30.0 Å². The number of ether oxygens (including phenoxy) is 1. The Bertz CT molecular complexity index is 1060. The first-order valence-electron chi connectivity index (χ1n) is 9.27. The van der Waals surface area contributed by atoms with Gasteiger partial charge < -0.3 is 15.6 Å².